The van der Waals surface area contributed by atoms with Crippen LogP contribution in [-0.2, 0) is 14.8 Å². The standard InChI is InChI=1S/C21H17Cl3N2O4S/c1-30-16-8-10-17(11-9-16)31(28,29)26(15-5-2-4-14(22)12-15)13-20(27)25-19-7-3-6-18(23)21(19)24/h2-12H,13H2,1H3,(H,25,27). The van der Waals surface area contributed by atoms with Gasteiger partial charge in [0.1, 0.15) is 12.3 Å². The fraction of sp³-hybridized carbons (Fsp3) is 0.0952. The van der Waals surface area contributed by atoms with Gasteiger partial charge < -0.3 is 10.1 Å². The van der Waals surface area contributed by atoms with Gasteiger partial charge in [0.25, 0.3) is 10.0 Å². The molecule has 0 saturated heterocycles. The molecule has 1 amide bonds. The molecule has 0 saturated carbocycles. The molecule has 3 aromatic rings. The van der Waals surface area contributed by atoms with Gasteiger partial charge in [-0.2, -0.15) is 0 Å². The highest BCUT2D eigenvalue weighted by Gasteiger charge is 2.28. The Kier molecular flexibility index (Phi) is 7.33. The second-order valence-corrected chi connectivity index (χ2v) is 9.40. The number of nitrogens with zero attached hydrogens (tertiary/aromatic N) is 1. The maximum absolute atomic E-state index is 13.4. The van der Waals surface area contributed by atoms with Crippen LogP contribution in [0.4, 0.5) is 11.4 Å². The van der Waals surface area contributed by atoms with Crippen molar-refractivity contribution in [1.82, 2.24) is 0 Å². The first-order valence-corrected chi connectivity index (χ1v) is 11.5. The molecule has 0 aliphatic rings. The summed E-state index contributed by atoms with van der Waals surface area (Å²) in [5.74, 6) is -0.108. The monoisotopic (exact) mass is 498 g/mol. The van der Waals surface area contributed by atoms with Crippen molar-refractivity contribution in [1.29, 1.82) is 0 Å². The van der Waals surface area contributed by atoms with E-state index in [1.165, 1.54) is 37.4 Å². The van der Waals surface area contributed by atoms with Gasteiger partial charge in [-0.05, 0) is 54.6 Å². The van der Waals surface area contributed by atoms with Crippen LogP contribution in [-0.4, -0.2) is 28.0 Å². The number of rotatable bonds is 7. The Hall–Kier alpha value is -2.45. The number of methoxy groups -OCH3 is 1. The molecule has 31 heavy (non-hydrogen) atoms. The average Bonchev–Trinajstić information content (AvgIpc) is 2.75. The number of nitrogens with one attached hydrogen (secondary N) is 1. The van der Waals surface area contributed by atoms with E-state index in [1.54, 1.807) is 36.4 Å². The number of halogens is 3. The van der Waals surface area contributed by atoms with Crippen LogP contribution in [0.15, 0.2) is 71.6 Å². The molecule has 162 valence electrons. The van der Waals surface area contributed by atoms with E-state index in [1.807, 2.05) is 0 Å². The summed E-state index contributed by atoms with van der Waals surface area (Å²) in [6.07, 6.45) is 0. The molecular weight excluding hydrogens is 483 g/mol. The van der Waals surface area contributed by atoms with E-state index in [0.29, 0.717) is 10.8 Å². The lowest BCUT2D eigenvalue weighted by atomic mass is 10.3. The maximum atomic E-state index is 13.4. The van der Waals surface area contributed by atoms with Gasteiger partial charge >= 0.3 is 0 Å². The van der Waals surface area contributed by atoms with Gasteiger partial charge in [0.2, 0.25) is 5.91 Å². The molecular formula is C21H17Cl3N2O4S. The molecule has 0 aliphatic heterocycles. The topological polar surface area (TPSA) is 75.7 Å². The van der Waals surface area contributed by atoms with Crippen LogP contribution in [0.2, 0.25) is 15.1 Å². The minimum Gasteiger partial charge on any atom is -0.497 e. The number of hydrogen-bond donors (Lipinski definition) is 1. The van der Waals surface area contributed by atoms with Gasteiger partial charge in [-0.3, -0.25) is 9.10 Å². The Morgan fingerprint density at radius 3 is 2.32 bits per heavy atom. The van der Waals surface area contributed by atoms with Crippen molar-refractivity contribution in [2.45, 2.75) is 4.90 Å². The Balaban J connectivity index is 1.96. The third-order valence-electron chi connectivity index (χ3n) is 4.26. The Labute approximate surface area is 195 Å². The van der Waals surface area contributed by atoms with Gasteiger partial charge in [-0.15, -0.1) is 0 Å². The van der Waals surface area contributed by atoms with Crippen LogP contribution >= 0.6 is 34.8 Å². The Morgan fingerprint density at radius 1 is 1.00 bits per heavy atom. The van der Waals surface area contributed by atoms with E-state index in [9.17, 15) is 13.2 Å². The molecule has 0 bridgehead atoms. The van der Waals surface area contributed by atoms with Crippen LogP contribution in [0.1, 0.15) is 0 Å². The number of ether oxygens (including phenoxy) is 1. The summed E-state index contributed by atoms with van der Waals surface area (Å²) < 4.78 is 32.8. The van der Waals surface area contributed by atoms with Crippen LogP contribution < -0.4 is 14.4 Å². The van der Waals surface area contributed by atoms with Crippen LogP contribution in [0.3, 0.4) is 0 Å². The van der Waals surface area contributed by atoms with E-state index in [4.69, 9.17) is 39.5 Å². The fourth-order valence-corrected chi connectivity index (χ4v) is 4.69. The van der Waals surface area contributed by atoms with Gasteiger partial charge in [-0.25, -0.2) is 8.42 Å². The lowest BCUT2D eigenvalue weighted by molar-refractivity contribution is -0.114. The Morgan fingerprint density at radius 2 is 1.68 bits per heavy atom. The van der Waals surface area contributed by atoms with Crippen molar-refractivity contribution < 1.29 is 17.9 Å². The van der Waals surface area contributed by atoms with E-state index >= 15 is 0 Å². The highest BCUT2D eigenvalue weighted by atomic mass is 35.5. The highest BCUT2D eigenvalue weighted by Crippen LogP contribution is 2.30. The van der Waals surface area contributed by atoms with Crippen molar-refractivity contribution in [3.63, 3.8) is 0 Å². The van der Waals surface area contributed by atoms with E-state index in [2.05, 4.69) is 5.32 Å². The minimum atomic E-state index is -4.10. The number of sulfonamides is 1. The third kappa shape index (κ3) is 5.43. The summed E-state index contributed by atoms with van der Waals surface area (Å²) in [7, 11) is -2.62. The van der Waals surface area contributed by atoms with Crippen molar-refractivity contribution in [2.75, 3.05) is 23.3 Å². The number of carbonyl (C=O) groups excluding carboxylic acids is 1. The highest BCUT2D eigenvalue weighted by molar-refractivity contribution is 7.92. The molecule has 6 nitrogen and oxygen atoms in total. The third-order valence-corrected chi connectivity index (χ3v) is 7.10. The number of amides is 1. The van der Waals surface area contributed by atoms with Gasteiger partial charge in [0, 0.05) is 5.02 Å². The first kappa shape index (κ1) is 23.2. The molecule has 0 heterocycles. The molecule has 0 fully saturated rings. The molecule has 3 rings (SSSR count). The summed E-state index contributed by atoms with van der Waals surface area (Å²) in [6, 6.07) is 16.8. The fourth-order valence-electron chi connectivity index (χ4n) is 2.74. The van der Waals surface area contributed by atoms with Gasteiger partial charge in [0.15, 0.2) is 0 Å². The molecule has 0 unspecified atom stereocenters. The zero-order chi connectivity index (χ0) is 22.6. The predicted molar refractivity (Wildman–Crippen MR) is 124 cm³/mol. The molecule has 1 N–H and O–H groups in total. The van der Waals surface area contributed by atoms with Crippen molar-refractivity contribution in [2.24, 2.45) is 0 Å². The summed E-state index contributed by atoms with van der Waals surface area (Å²) in [6.45, 7) is -0.516. The van der Waals surface area contributed by atoms with E-state index in [-0.39, 0.29) is 26.3 Å². The van der Waals surface area contributed by atoms with E-state index < -0.39 is 22.5 Å². The predicted octanol–water partition coefficient (Wildman–Crippen LogP) is 5.49. The molecule has 0 radical (unpaired) electrons. The average molecular weight is 500 g/mol. The molecule has 0 aromatic heterocycles. The summed E-state index contributed by atoms with van der Waals surface area (Å²) in [5, 5.41) is 3.34. The van der Waals surface area contributed by atoms with Crippen LogP contribution in [0.5, 0.6) is 5.75 Å². The second kappa shape index (κ2) is 9.78. The number of carbonyl (C=O) groups is 1. The Bertz CT molecular complexity index is 1200. The number of benzene rings is 3. The van der Waals surface area contributed by atoms with Crippen molar-refractivity contribution in [3.05, 3.63) is 81.8 Å². The first-order valence-electron chi connectivity index (χ1n) is 8.88. The number of hydrogen-bond acceptors (Lipinski definition) is 4. The summed E-state index contributed by atoms with van der Waals surface area (Å²) in [4.78, 5) is 12.7. The van der Waals surface area contributed by atoms with Crippen molar-refractivity contribution in [3.8, 4) is 5.75 Å². The number of anilines is 2. The van der Waals surface area contributed by atoms with Crippen LogP contribution in [0, 0.1) is 0 Å². The smallest absolute Gasteiger partial charge is 0.264 e. The molecule has 0 aliphatic carbocycles. The lowest BCUT2D eigenvalue weighted by Crippen LogP contribution is -2.38. The maximum Gasteiger partial charge on any atom is 0.264 e. The molecule has 0 spiro atoms. The molecule has 3 aromatic carbocycles. The van der Waals surface area contributed by atoms with Gasteiger partial charge in [0.05, 0.1) is 33.4 Å². The first-order chi connectivity index (χ1) is 14.7. The summed E-state index contributed by atoms with van der Waals surface area (Å²) in [5.41, 5.74) is 0.503. The largest absolute Gasteiger partial charge is 0.497 e. The SMILES string of the molecule is COc1ccc(S(=O)(=O)N(CC(=O)Nc2cccc(Cl)c2Cl)c2cccc(Cl)c2)cc1. The zero-order valence-corrected chi connectivity index (χ0v) is 19.3. The zero-order valence-electron chi connectivity index (χ0n) is 16.2. The second-order valence-electron chi connectivity index (χ2n) is 6.32. The quantitative estimate of drug-likeness (QED) is 0.466. The minimum absolute atomic E-state index is 0.0122. The molecule has 0 atom stereocenters. The van der Waals surface area contributed by atoms with Gasteiger partial charge in [-0.1, -0.05) is 46.9 Å². The van der Waals surface area contributed by atoms with Crippen LogP contribution in [0.25, 0.3) is 0 Å². The van der Waals surface area contributed by atoms with Crippen molar-refractivity contribution >= 4 is 62.1 Å². The molecule has 10 heteroatoms. The summed E-state index contributed by atoms with van der Waals surface area (Å²) >= 11 is 18.2. The lowest BCUT2D eigenvalue weighted by Gasteiger charge is -2.24. The normalized spacial score (nSPS) is 11.1. The van der Waals surface area contributed by atoms with E-state index in [0.717, 1.165) is 4.31 Å².